The number of nitriles is 1. The van der Waals surface area contributed by atoms with Gasteiger partial charge in [-0.3, -0.25) is 9.59 Å². The van der Waals surface area contributed by atoms with Crippen LogP contribution in [0.15, 0.2) is 60.7 Å². The molecule has 0 aromatic heterocycles. The van der Waals surface area contributed by atoms with E-state index < -0.39 is 35.1 Å². The minimum Gasteiger partial charge on any atom is -0.325 e. The summed E-state index contributed by atoms with van der Waals surface area (Å²) < 4.78 is 14.8. The number of anilines is 2. The van der Waals surface area contributed by atoms with Crippen molar-refractivity contribution >= 4 is 46.4 Å². The van der Waals surface area contributed by atoms with E-state index in [1.54, 1.807) is 42.5 Å². The van der Waals surface area contributed by atoms with Gasteiger partial charge in [-0.15, -0.1) is 0 Å². The number of nitrogens with one attached hydrogen (secondary N) is 3. The molecule has 9 heteroatoms. The summed E-state index contributed by atoms with van der Waals surface area (Å²) >= 11 is 12.6. The van der Waals surface area contributed by atoms with Crippen LogP contribution < -0.4 is 16.0 Å². The largest absolute Gasteiger partial charge is 0.325 e. The van der Waals surface area contributed by atoms with Gasteiger partial charge in [0.05, 0.1) is 17.7 Å². The van der Waals surface area contributed by atoms with Crippen LogP contribution in [0.4, 0.5) is 15.8 Å². The predicted molar refractivity (Wildman–Crippen MR) is 150 cm³/mol. The van der Waals surface area contributed by atoms with Gasteiger partial charge in [0.1, 0.15) is 11.2 Å². The van der Waals surface area contributed by atoms with E-state index in [2.05, 4.69) is 42.8 Å². The van der Waals surface area contributed by atoms with Crippen molar-refractivity contribution in [2.75, 3.05) is 10.6 Å². The third-order valence-electron chi connectivity index (χ3n) is 7.43. The van der Waals surface area contributed by atoms with E-state index in [1.807, 2.05) is 6.07 Å². The maximum absolute atomic E-state index is 14.8. The van der Waals surface area contributed by atoms with E-state index in [9.17, 15) is 14.0 Å². The molecule has 0 saturated carbocycles. The van der Waals surface area contributed by atoms with Gasteiger partial charge in [-0.1, -0.05) is 50.0 Å². The van der Waals surface area contributed by atoms with Gasteiger partial charge in [-0.25, -0.2) is 4.39 Å². The Morgan fingerprint density at radius 2 is 1.79 bits per heavy atom. The van der Waals surface area contributed by atoms with Crippen LogP contribution in [0.2, 0.25) is 10.0 Å². The Labute approximate surface area is 236 Å². The van der Waals surface area contributed by atoms with Crippen molar-refractivity contribution < 1.29 is 14.0 Å². The predicted octanol–water partition coefficient (Wildman–Crippen LogP) is 6.39. The van der Waals surface area contributed by atoms with Gasteiger partial charge in [0.2, 0.25) is 11.8 Å². The van der Waals surface area contributed by atoms with Gasteiger partial charge in [-0.2, -0.15) is 5.26 Å². The van der Waals surface area contributed by atoms with Crippen LogP contribution in [0.3, 0.4) is 0 Å². The Morgan fingerprint density at radius 3 is 2.44 bits per heavy atom. The average Bonchev–Trinajstić information content (AvgIpc) is 3.32. The Kier molecular flexibility index (Phi) is 6.92. The molecule has 2 heterocycles. The lowest BCUT2D eigenvalue weighted by molar-refractivity contribution is -0.122. The molecule has 4 atom stereocenters. The quantitative estimate of drug-likeness (QED) is 0.342. The maximum atomic E-state index is 14.8. The second-order valence-electron chi connectivity index (χ2n) is 11.3. The number of amides is 2. The molecule has 1 spiro atoms. The van der Waals surface area contributed by atoms with Crippen LogP contribution in [0.25, 0.3) is 0 Å². The summed E-state index contributed by atoms with van der Waals surface area (Å²) in [5, 5.41) is 19.1. The highest BCUT2D eigenvalue weighted by molar-refractivity contribution is 6.31. The van der Waals surface area contributed by atoms with Gasteiger partial charge >= 0.3 is 0 Å². The van der Waals surface area contributed by atoms with Gasteiger partial charge in [-0.05, 0) is 77.6 Å². The number of rotatable bonds is 4. The minimum atomic E-state index is -1.25. The molecule has 6 nitrogen and oxygen atoms in total. The highest BCUT2D eigenvalue weighted by atomic mass is 35.5. The van der Waals surface area contributed by atoms with Crippen LogP contribution in [0.5, 0.6) is 0 Å². The molecule has 5 rings (SSSR count). The van der Waals surface area contributed by atoms with Crippen LogP contribution in [0.1, 0.15) is 49.8 Å². The zero-order chi connectivity index (χ0) is 28.1. The third-order valence-corrected chi connectivity index (χ3v) is 7.88. The Hall–Kier alpha value is -3.44. The smallest absolute Gasteiger partial charge is 0.242 e. The van der Waals surface area contributed by atoms with Crippen LogP contribution in [-0.2, 0) is 15.0 Å². The van der Waals surface area contributed by atoms with Crippen LogP contribution in [0, 0.1) is 22.6 Å². The molecule has 2 aliphatic rings. The molecule has 0 unspecified atom stereocenters. The number of halogens is 3. The second kappa shape index (κ2) is 9.95. The topological polar surface area (TPSA) is 94.0 Å². The molecule has 1 saturated heterocycles. The molecule has 200 valence electrons. The van der Waals surface area contributed by atoms with Gasteiger partial charge in [0.25, 0.3) is 0 Å². The number of carbonyl (C=O) groups excluding carboxylic acids is 2. The van der Waals surface area contributed by atoms with E-state index in [0.29, 0.717) is 39.5 Å². The van der Waals surface area contributed by atoms with Crippen molar-refractivity contribution in [1.29, 1.82) is 5.26 Å². The first kappa shape index (κ1) is 27.1. The van der Waals surface area contributed by atoms with Crippen molar-refractivity contribution in [3.05, 3.63) is 93.2 Å². The Balaban J connectivity index is 1.70. The zero-order valence-electron chi connectivity index (χ0n) is 21.6. The molecular formula is C30H27Cl2FN4O2. The monoisotopic (exact) mass is 564 g/mol. The molecule has 3 N–H and O–H groups in total. The SMILES string of the molecule is CC(C)(C)C[C@@H]1N[C@@H](C(=O)Nc2ccc(C#N)cc2)[C@H](c2cc(F)cc(Cl)c2)[C@]12C(=O)Nc1cc(Cl)ccc12. The summed E-state index contributed by atoms with van der Waals surface area (Å²) in [7, 11) is 0. The van der Waals surface area contributed by atoms with Crippen molar-refractivity contribution in [2.24, 2.45) is 5.41 Å². The molecule has 0 aliphatic carbocycles. The third kappa shape index (κ3) is 4.89. The fourth-order valence-electron chi connectivity index (χ4n) is 6.02. The number of fused-ring (bicyclic) bond motifs is 2. The number of carbonyl (C=O) groups is 2. The molecular weight excluding hydrogens is 538 g/mol. The number of hydrogen-bond donors (Lipinski definition) is 3. The van der Waals surface area contributed by atoms with E-state index in [-0.39, 0.29) is 16.3 Å². The summed E-state index contributed by atoms with van der Waals surface area (Å²) in [5.74, 6) is -2.05. The maximum Gasteiger partial charge on any atom is 0.242 e. The van der Waals surface area contributed by atoms with Crippen molar-refractivity contribution in [1.82, 2.24) is 5.32 Å². The first-order chi connectivity index (χ1) is 18.4. The van der Waals surface area contributed by atoms with E-state index in [0.717, 1.165) is 0 Å². The molecule has 0 radical (unpaired) electrons. The number of benzene rings is 3. The van der Waals surface area contributed by atoms with Gasteiger partial charge < -0.3 is 16.0 Å². The standard InChI is InChI=1S/C30H27Cl2FN4O2/c1-29(2,3)14-24-30(22-9-6-18(31)13-23(22)36-28(30)39)25(17-10-19(32)12-20(33)11-17)26(37-24)27(38)35-21-7-4-16(15-34)5-8-21/h4-13,24-26,37H,14H2,1-3H3,(H,35,38)(H,36,39)/t24-,25-,26+,30+/m0/s1. The number of nitrogens with zero attached hydrogens (tertiary/aromatic N) is 1. The van der Waals surface area contributed by atoms with Gasteiger partial charge in [0, 0.05) is 33.4 Å². The van der Waals surface area contributed by atoms with Crippen molar-refractivity contribution in [3.8, 4) is 6.07 Å². The van der Waals surface area contributed by atoms with E-state index in [4.69, 9.17) is 28.5 Å². The van der Waals surface area contributed by atoms with Crippen molar-refractivity contribution in [2.45, 2.75) is 50.6 Å². The van der Waals surface area contributed by atoms with Crippen molar-refractivity contribution in [3.63, 3.8) is 0 Å². The van der Waals surface area contributed by atoms with Gasteiger partial charge in [0.15, 0.2) is 0 Å². The van der Waals surface area contributed by atoms with Crippen LogP contribution >= 0.6 is 23.2 Å². The fourth-order valence-corrected chi connectivity index (χ4v) is 6.43. The Bertz CT molecular complexity index is 1490. The lowest BCUT2D eigenvalue weighted by Gasteiger charge is -2.37. The first-order valence-corrected chi connectivity index (χ1v) is 13.3. The number of hydrogen-bond acceptors (Lipinski definition) is 4. The molecule has 2 aliphatic heterocycles. The fraction of sp³-hybridized carbons (Fsp3) is 0.300. The highest BCUT2D eigenvalue weighted by Gasteiger charge is 2.65. The zero-order valence-corrected chi connectivity index (χ0v) is 23.1. The summed E-state index contributed by atoms with van der Waals surface area (Å²) in [4.78, 5) is 28.1. The van der Waals surface area contributed by atoms with Crippen LogP contribution in [-0.4, -0.2) is 23.9 Å². The minimum absolute atomic E-state index is 0.167. The first-order valence-electron chi connectivity index (χ1n) is 12.6. The average molecular weight is 565 g/mol. The highest BCUT2D eigenvalue weighted by Crippen LogP contribution is 2.57. The summed E-state index contributed by atoms with van der Waals surface area (Å²) in [6, 6.07) is 16.5. The summed E-state index contributed by atoms with van der Waals surface area (Å²) in [6.07, 6.45) is 0.544. The van der Waals surface area contributed by atoms with E-state index >= 15 is 0 Å². The van der Waals surface area contributed by atoms with E-state index in [1.165, 1.54) is 12.1 Å². The normalized spacial score (nSPS) is 23.8. The Morgan fingerprint density at radius 1 is 1.08 bits per heavy atom. The lowest BCUT2D eigenvalue weighted by Crippen LogP contribution is -2.49. The molecule has 3 aromatic carbocycles. The lowest BCUT2D eigenvalue weighted by atomic mass is 9.62. The molecule has 39 heavy (non-hydrogen) atoms. The molecule has 1 fully saturated rings. The summed E-state index contributed by atoms with van der Waals surface area (Å²) in [5.41, 5.74) is 1.17. The summed E-state index contributed by atoms with van der Waals surface area (Å²) in [6.45, 7) is 6.20. The molecule has 3 aromatic rings. The molecule has 2 amide bonds. The molecule has 0 bridgehead atoms. The second-order valence-corrected chi connectivity index (χ2v) is 12.2.